The van der Waals surface area contributed by atoms with E-state index in [4.69, 9.17) is 28.4 Å². The Labute approximate surface area is 375 Å². The van der Waals surface area contributed by atoms with Crippen LogP contribution in [0.3, 0.4) is 0 Å². The Hall–Kier alpha value is -1.65. The van der Waals surface area contributed by atoms with E-state index in [9.17, 15) is 55.9 Å². The lowest BCUT2D eigenvalue weighted by Crippen LogP contribution is -2.66. The summed E-state index contributed by atoms with van der Waals surface area (Å²) in [6.07, 6.45) is -12.4. The van der Waals surface area contributed by atoms with Crippen molar-refractivity contribution in [2.24, 2.45) is 50.7 Å². The smallest absolute Gasteiger partial charge is 0.315 e. The summed E-state index contributed by atoms with van der Waals surface area (Å²) in [6.45, 7) is 16.7. The molecule has 7 fully saturated rings. The van der Waals surface area contributed by atoms with E-state index in [1.807, 2.05) is 0 Å². The first kappa shape index (κ1) is 48.8. The maximum atomic E-state index is 14.7. The summed E-state index contributed by atoms with van der Waals surface area (Å²) in [7, 11) is 0. The molecular weight excluding hydrogens is 836 g/mol. The normalized spacial score (nSPS) is 53.8. The van der Waals surface area contributed by atoms with Crippen molar-refractivity contribution in [1.29, 1.82) is 0 Å². The minimum atomic E-state index is -1.73. The van der Waals surface area contributed by atoms with Gasteiger partial charge in [0.05, 0.1) is 31.3 Å². The Balaban J connectivity index is 1.03. The zero-order chi connectivity index (χ0) is 46.6. The molecule has 0 spiro atoms. The average Bonchev–Trinajstić information content (AvgIpc) is 3.25. The highest BCUT2D eigenvalue weighted by Crippen LogP contribution is 2.76. The molecule has 364 valence electrons. The molecule has 0 amide bonds. The average molecular weight is 911 g/mol. The van der Waals surface area contributed by atoms with Crippen molar-refractivity contribution >= 4 is 5.97 Å². The van der Waals surface area contributed by atoms with E-state index in [-0.39, 0.29) is 52.6 Å². The summed E-state index contributed by atoms with van der Waals surface area (Å²) in [6, 6.07) is 0. The molecule has 5 aliphatic carbocycles. The maximum absolute atomic E-state index is 14.7. The second-order valence-corrected chi connectivity index (χ2v) is 22.0. The topological polar surface area (TPSA) is 275 Å². The van der Waals surface area contributed by atoms with Crippen molar-refractivity contribution in [3.63, 3.8) is 0 Å². The molecule has 64 heavy (non-hydrogen) atoms. The van der Waals surface area contributed by atoms with Crippen molar-refractivity contribution in [3.8, 4) is 0 Å². The molecule has 8 rings (SSSR count). The van der Waals surface area contributed by atoms with E-state index in [1.54, 1.807) is 0 Å². The number of esters is 1. The van der Waals surface area contributed by atoms with Gasteiger partial charge in [-0.25, -0.2) is 0 Å². The second kappa shape index (κ2) is 17.4. The molecule has 0 radical (unpaired) electrons. The fourth-order valence-corrected chi connectivity index (χ4v) is 14.7. The summed E-state index contributed by atoms with van der Waals surface area (Å²) < 4.78 is 36.0. The molecule has 3 saturated heterocycles. The first-order valence-corrected chi connectivity index (χ1v) is 23.5. The zero-order valence-electron chi connectivity index (χ0n) is 38.1. The van der Waals surface area contributed by atoms with Crippen molar-refractivity contribution in [1.82, 2.24) is 0 Å². The Morgan fingerprint density at radius 3 is 2.00 bits per heavy atom. The molecule has 8 aliphatic rings. The van der Waals surface area contributed by atoms with Crippen molar-refractivity contribution in [3.05, 3.63) is 23.8 Å². The van der Waals surface area contributed by atoms with Gasteiger partial charge in [-0.2, -0.15) is 0 Å². The van der Waals surface area contributed by atoms with Crippen LogP contribution < -0.4 is 0 Å². The molecule has 17 heteroatoms. The molecule has 17 nitrogen and oxygen atoms in total. The van der Waals surface area contributed by atoms with Crippen LogP contribution in [0, 0.1) is 50.7 Å². The van der Waals surface area contributed by atoms with Crippen LogP contribution >= 0.6 is 0 Å². The number of fused-ring (bicyclic) bond motifs is 7. The molecule has 0 aromatic rings. The number of aliphatic hydroxyl groups excluding tert-OH is 10. The number of carbonyl (C=O) groups is 1. The summed E-state index contributed by atoms with van der Waals surface area (Å²) >= 11 is 0. The van der Waals surface area contributed by atoms with Crippen LogP contribution in [-0.2, 0) is 33.2 Å². The molecule has 0 aromatic carbocycles. The standard InChI is InChI=1S/C47H74O17/c1-21-10-15-47(42(58)64-40-37(57)35(55)33(53)26(19-49)61-40)17-16-45(6)23(30(47)22(21)2)8-9-28-44(5)13-12-29(43(3,4)27(44)11-14-46(28,45)7)62-41-38(31(51)24(50)20-59-41)63-39-36(56)34(54)32(52)25(18-48)60-39/h8,22,24-41,48-57H,1,9-20H2,2-7H3/t22-,24+,25+,26+,27-,28+,29-,30-,31-,32+,33+,34-,35-,36+,37+,38+,39-,40-,41-,44-,45+,46+,47-/m0/s1. The number of hydrogen-bond acceptors (Lipinski definition) is 17. The van der Waals surface area contributed by atoms with Gasteiger partial charge in [0.2, 0.25) is 6.29 Å². The fraction of sp³-hybridized carbons (Fsp3) is 0.894. The molecule has 0 aromatic heterocycles. The largest absolute Gasteiger partial charge is 0.432 e. The Morgan fingerprint density at radius 2 is 1.36 bits per heavy atom. The lowest BCUT2D eigenvalue weighted by Gasteiger charge is -2.71. The fourth-order valence-electron chi connectivity index (χ4n) is 14.7. The highest BCUT2D eigenvalue weighted by Gasteiger charge is 2.70. The minimum Gasteiger partial charge on any atom is -0.432 e. The predicted molar refractivity (Wildman–Crippen MR) is 224 cm³/mol. The number of hydrogen-bond donors (Lipinski definition) is 10. The van der Waals surface area contributed by atoms with Gasteiger partial charge in [-0.3, -0.25) is 4.79 Å². The van der Waals surface area contributed by atoms with Gasteiger partial charge in [-0.05, 0) is 97.2 Å². The lowest BCUT2D eigenvalue weighted by molar-refractivity contribution is -0.367. The van der Waals surface area contributed by atoms with Gasteiger partial charge in [0.25, 0.3) is 0 Å². The third kappa shape index (κ3) is 7.33. The number of carbonyl (C=O) groups excluding carboxylic acids is 1. The summed E-state index contributed by atoms with van der Waals surface area (Å²) in [4.78, 5) is 14.7. The van der Waals surface area contributed by atoms with Crippen LogP contribution in [0.1, 0.15) is 99.3 Å². The van der Waals surface area contributed by atoms with Gasteiger partial charge in [0.15, 0.2) is 12.6 Å². The van der Waals surface area contributed by atoms with Crippen LogP contribution in [0.4, 0.5) is 0 Å². The number of ether oxygens (including phenoxy) is 6. The monoisotopic (exact) mass is 910 g/mol. The molecular formula is C47H74O17. The Kier molecular flexibility index (Phi) is 13.3. The number of allylic oxidation sites excluding steroid dienone is 3. The second-order valence-electron chi connectivity index (χ2n) is 22.0. The van der Waals surface area contributed by atoms with E-state index in [1.165, 1.54) is 5.57 Å². The first-order chi connectivity index (χ1) is 30.0. The van der Waals surface area contributed by atoms with Gasteiger partial charge in [0, 0.05) is 5.92 Å². The minimum absolute atomic E-state index is 0.0456. The molecule has 4 saturated carbocycles. The first-order valence-electron chi connectivity index (χ1n) is 23.5. The molecule has 3 heterocycles. The number of aliphatic hydroxyl groups is 10. The lowest BCUT2D eigenvalue weighted by atomic mass is 9.33. The van der Waals surface area contributed by atoms with Gasteiger partial charge < -0.3 is 79.5 Å². The molecule has 10 N–H and O–H groups in total. The quantitative estimate of drug-likeness (QED) is 0.0905. The SMILES string of the molecule is C=C1CC[C@]2(C(=O)O[C@@H]3O[C@H](CO)[C@@H](O)[C@H](O)[C@H]3O)CC[C@]3(C)C(=CC[C@@H]4[C@@]5(C)CC[C@H](O[C@@H]6OC[C@@H](O)[C@H](O)[C@H]6O[C@@H]6O[C@H](CO)[C@@H](O)[C@H](O)[C@H]6O)C(C)(C)[C@@H]5CC[C@]43C)[C@@H]2[C@H]1C. The zero-order valence-corrected chi connectivity index (χ0v) is 38.1. The van der Waals surface area contributed by atoms with Gasteiger partial charge in [-0.1, -0.05) is 65.3 Å². The predicted octanol–water partition coefficient (Wildman–Crippen LogP) is 0.556. The number of rotatable bonds is 8. The highest BCUT2D eigenvalue weighted by atomic mass is 16.8. The Morgan fingerprint density at radius 1 is 0.734 bits per heavy atom. The van der Waals surface area contributed by atoms with E-state index in [0.717, 1.165) is 37.7 Å². The van der Waals surface area contributed by atoms with Gasteiger partial charge in [-0.15, -0.1) is 0 Å². The van der Waals surface area contributed by atoms with Crippen LogP contribution in [0.25, 0.3) is 0 Å². The highest BCUT2D eigenvalue weighted by molar-refractivity contribution is 5.79. The van der Waals surface area contributed by atoms with Crippen LogP contribution in [-0.4, -0.2) is 169 Å². The Bertz CT molecular complexity index is 1770. The third-order valence-corrected chi connectivity index (χ3v) is 18.8. The molecule has 3 aliphatic heterocycles. The molecule has 0 bridgehead atoms. The van der Waals surface area contributed by atoms with E-state index in [0.29, 0.717) is 25.7 Å². The van der Waals surface area contributed by atoms with Gasteiger partial charge in [0.1, 0.15) is 67.1 Å². The van der Waals surface area contributed by atoms with Crippen molar-refractivity contribution in [2.75, 3.05) is 19.8 Å². The van der Waals surface area contributed by atoms with E-state index < -0.39 is 116 Å². The van der Waals surface area contributed by atoms with E-state index >= 15 is 0 Å². The van der Waals surface area contributed by atoms with E-state index in [2.05, 4.69) is 54.2 Å². The maximum Gasteiger partial charge on any atom is 0.315 e. The summed E-state index contributed by atoms with van der Waals surface area (Å²) in [5, 5.41) is 105. The van der Waals surface area contributed by atoms with Crippen LogP contribution in [0.15, 0.2) is 23.8 Å². The van der Waals surface area contributed by atoms with Gasteiger partial charge >= 0.3 is 5.97 Å². The summed E-state index contributed by atoms with van der Waals surface area (Å²) in [5.41, 5.74) is 0.385. The van der Waals surface area contributed by atoms with Crippen LogP contribution in [0.2, 0.25) is 0 Å². The van der Waals surface area contributed by atoms with Crippen molar-refractivity contribution < 1.29 is 84.3 Å². The summed E-state index contributed by atoms with van der Waals surface area (Å²) in [5.74, 6) is -0.318. The third-order valence-electron chi connectivity index (χ3n) is 18.8. The van der Waals surface area contributed by atoms with Crippen molar-refractivity contribution in [2.45, 2.75) is 191 Å². The molecule has 0 unspecified atom stereocenters. The van der Waals surface area contributed by atoms with Crippen LogP contribution in [0.5, 0.6) is 0 Å². The molecule has 23 atom stereocenters.